The average Bonchev–Trinajstić information content (AvgIpc) is 2.76. The molecule has 8 heteroatoms. The summed E-state index contributed by atoms with van der Waals surface area (Å²) in [5.74, 6) is -1.71. The van der Waals surface area contributed by atoms with Crippen molar-refractivity contribution in [1.82, 2.24) is 15.1 Å². The summed E-state index contributed by atoms with van der Waals surface area (Å²) >= 11 is 0. The molecule has 0 aromatic heterocycles. The van der Waals surface area contributed by atoms with Crippen LogP contribution in [0.15, 0.2) is 48.5 Å². The molecular weight excluding hydrogens is 397 g/mol. The van der Waals surface area contributed by atoms with Crippen LogP contribution in [0.1, 0.15) is 11.6 Å². The summed E-state index contributed by atoms with van der Waals surface area (Å²) in [4.78, 5) is 31.2. The molecule has 1 unspecified atom stereocenters. The molecule has 1 heterocycles. The van der Waals surface area contributed by atoms with Gasteiger partial charge in [0.1, 0.15) is 5.82 Å². The molecule has 0 aliphatic carbocycles. The summed E-state index contributed by atoms with van der Waals surface area (Å²) in [5, 5.41) is 5.37. The van der Waals surface area contributed by atoms with E-state index in [0.29, 0.717) is 5.69 Å². The molecular formula is C23H30FN5O2. The molecule has 0 spiro atoms. The largest absolute Gasteiger partial charge is 0.378 e. The van der Waals surface area contributed by atoms with Crippen molar-refractivity contribution in [2.75, 3.05) is 64.1 Å². The minimum atomic E-state index is -0.714. The van der Waals surface area contributed by atoms with E-state index in [-0.39, 0.29) is 18.4 Å². The van der Waals surface area contributed by atoms with Crippen molar-refractivity contribution in [2.24, 2.45) is 0 Å². The van der Waals surface area contributed by atoms with Gasteiger partial charge in [-0.25, -0.2) is 4.39 Å². The SMILES string of the molecule is CN1CCN(C(CNC(=O)C(=O)Nc2ccc(N(C)C)cc2)c2ccc(F)cc2)CC1. The molecule has 3 rings (SSSR count). The van der Waals surface area contributed by atoms with Crippen LogP contribution in [0.3, 0.4) is 0 Å². The van der Waals surface area contributed by atoms with Crippen LogP contribution in [0.2, 0.25) is 0 Å². The van der Waals surface area contributed by atoms with Gasteiger partial charge in [-0.2, -0.15) is 0 Å². The van der Waals surface area contributed by atoms with Gasteiger partial charge in [0.15, 0.2) is 0 Å². The Labute approximate surface area is 182 Å². The van der Waals surface area contributed by atoms with Gasteiger partial charge in [0.2, 0.25) is 0 Å². The fraction of sp³-hybridized carbons (Fsp3) is 0.391. The second-order valence-corrected chi connectivity index (χ2v) is 8.01. The maximum atomic E-state index is 13.4. The van der Waals surface area contributed by atoms with Gasteiger partial charge in [-0.05, 0) is 49.0 Å². The lowest BCUT2D eigenvalue weighted by atomic mass is 10.0. The van der Waals surface area contributed by atoms with Crippen LogP contribution in [0, 0.1) is 5.82 Å². The lowest BCUT2D eigenvalue weighted by molar-refractivity contribution is -0.136. The Kier molecular flexibility index (Phi) is 7.59. The summed E-state index contributed by atoms with van der Waals surface area (Å²) in [6.45, 7) is 3.75. The number of piperazine rings is 1. The molecule has 166 valence electrons. The number of carbonyl (C=O) groups is 2. The zero-order valence-electron chi connectivity index (χ0n) is 18.3. The lowest BCUT2D eigenvalue weighted by Gasteiger charge is -2.38. The molecule has 0 bridgehead atoms. The molecule has 1 atom stereocenters. The third-order valence-corrected chi connectivity index (χ3v) is 5.54. The van der Waals surface area contributed by atoms with E-state index in [0.717, 1.165) is 37.4 Å². The Morgan fingerprint density at radius 1 is 0.968 bits per heavy atom. The number of nitrogens with zero attached hydrogens (tertiary/aromatic N) is 3. The van der Waals surface area contributed by atoms with E-state index < -0.39 is 11.8 Å². The van der Waals surface area contributed by atoms with Crippen LogP contribution in [-0.2, 0) is 9.59 Å². The zero-order valence-corrected chi connectivity index (χ0v) is 18.3. The lowest BCUT2D eigenvalue weighted by Crippen LogP contribution is -2.49. The van der Waals surface area contributed by atoms with Crippen molar-refractivity contribution in [1.29, 1.82) is 0 Å². The number of likely N-dealkylation sites (N-methyl/N-ethyl adjacent to an activating group) is 1. The predicted molar refractivity (Wildman–Crippen MR) is 121 cm³/mol. The first-order valence-corrected chi connectivity index (χ1v) is 10.4. The van der Waals surface area contributed by atoms with Crippen LogP contribution >= 0.6 is 0 Å². The van der Waals surface area contributed by atoms with Crippen LogP contribution in [0.5, 0.6) is 0 Å². The maximum Gasteiger partial charge on any atom is 0.313 e. The van der Waals surface area contributed by atoms with Crippen LogP contribution < -0.4 is 15.5 Å². The van der Waals surface area contributed by atoms with E-state index in [1.165, 1.54) is 12.1 Å². The van der Waals surface area contributed by atoms with Gasteiger partial charge in [0, 0.05) is 58.2 Å². The average molecular weight is 428 g/mol. The van der Waals surface area contributed by atoms with Crippen molar-refractivity contribution in [2.45, 2.75) is 6.04 Å². The third kappa shape index (κ3) is 6.26. The number of hydrogen-bond donors (Lipinski definition) is 2. The van der Waals surface area contributed by atoms with Crippen LogP contribution in [0.4, 0.5) is 15.8 Å². The Hall–Kier alpha value is -2.97. The standard InChI is InChI=1S/C23H30FN5O2/c1-27(2)20-10-8-19(9-11-20)26-23(31)22(30)25-16-21(17-4-6-18(24)7-5-17)29-14-12-28(3)13-15-29/h4-11,21H,12-16H2,1-3H3,(H,25,30)(H,26,31). The Bertz CT molecular complexity index is 878. The van der Waals surface area contributed by atoms with Crippen molar-refractivity contribution in [3.05, 3.63) is 59.9 Å². The molecule has 2 N–H and O–H groups in total. The van der Waals surface area contributed by atoms with Crippen LogP contribution in [-0.4, -0.2) is 75.5 Å². The van der Waals surface area contributed by atoms with Crippen LogP contribution in [0.25, 0.3) is 0 Å². The van der Waals surface area contributed by atoms with Gasteiger partial charge in [-0.3, -0.25) is 14.5 Å². The van der Waals surface area contributed by atoms with Crippen molar-refractivity contribution in [3.63, 3.8) is 0 Å². The first-order valence-electron chi connectivity index (χ1n) is 10.4. The maximum absolute atomic E-state index is 13.4. The molecule has 1 saturated heterocycles. The number of nitrogens with one attached hydrogen (secondary N) is 2. The number of amides is 2. The molecule has 1 aliphatic heterocycles. The monoisotopic (exact) mass is 427 g/mol. The summed E-state index contributed by atoms with van der Waals surface area (Å²) in [6.07, 6.45) is 0. The highest BCUT2D eigenvalue weighted by atomic mass is 19.1. The summed E-state index contributed by atoms with van der Waals surface area (Å²) in [7, 11) is 5.93. The fourth-order valence-electron chi connectivity index (χ4n) is 3.58. The number of carbonyl (C=O) groups excluding carboxylic acids is 2. The topological polar surface area (TPSA) is 67.9 Å². The van der Waals surface area contributed by atoms with Gasteiger partial charge < -0.3 is 20.4 Å². The molecule has 31 heavy (non-hydrogen) atoms. The Morgan fingerprint density at radius 3 is 2.16 bits per heavy atom. The van der Waals surface area contributed by atoms with E-state index in [2.05, 4.69) is 27.5 Å². The first kappa shape index (κ1) is 22.7. The number of anilines is 2. The quantitative estimate of drug-likeness (QED) is 0.690. The van der Waals surface area contributed by atoms with E-state index in [1.807, 2.05) is 31.1 Å². The van der Waals surface area contributed by atoms with Gasteiger partial charge in [0.25, 0.3) is 0 Å². The number of hydrogen-bond acceptors (Lipinski definition) is 5. The number of halogens is 1. The predicted octanol–water partition coefficient (Wildman–Crippen LogP) is 1.94. The van der Waals surface area contributed by atoms with Gasteiger partial charge in [-0.15, -0.1) is 0 Å². The summed E-state index contributed by atoms with van der Waals surface area (Å²) in [6, 6.07) is 13.4. The molecule has 7 nitrogen and oxygen atoms in total. The highest BCUT2D eigenvalue weighted by Crippen LogP contribution is 2.22. The van der Waals surface area contributed by atoms with E-state index in [1.54, 1.807) is 24.3 Å². The summed E-state index contributed by atoms with van der Waals surface area (Å²) < 4.78 is 13.4. The van der Waals surface area contributed by atoms with Gasteiger partial charge >= 0.3 is 11.8 Å². The Balaban J connectivity index is 1.62. The highest BCUT2D eigenvalue weighted by Gasteiger charge is 2.25. The van der Waals surface area contributed by atoms with Gasteiger partial charge in [-0.1, -0.05) is 12.1 Å². The minimum absolute atomic E-state index is 0.134. The fourth-order valence-corrected chi connectivity index (χ4v) is 3.58. The zero-order chi connectivity index (χ0) is 22.4. The van der Waals surface area contributed by atoms with Crippen molar-refractivity contribution in [3.8, 4) is 0 Å². The molecule has 1 aliphatic rings. The van der Waals surface area contributed by atoms with Crippen molar-refractivity contribution < 1.29 is 14.0 Å². The number of benzene rings is 2. The second-order valence-electron chi connectivity index (χ2n) is 8.01. The molecule has 0 saturated carbocycles. The molecule has 2 aromatic rings. The molecule has 0 radical (unpaired) electrons. The second kappa shape index (κ2) is 10.4. The molecule has 2 amide bonds. The van der Waals surface area contributed by atoms with E-state index in [4.69, 9.17) is 0 Å². The van der Waals surface area contributed by atoms with Crippen molar-refractivity contribution >= 4 is 23.2 Å². The van der Waals surface area contributed by atoms with Gasteiger partial charge in [0.05, 0.1) is 6.04 Å². The Morgan fingerprint density at radius 2 is 1.58 bits per heavy atom. The third-order valence-electron chi connectivity index (χ3n) is 5.54. The highest BCUT2D eigenvalue weighted by molar-refractivity contribution is 6.39. The summed E-state index contributed by atoms with van der Waals surface area (Å²) in [5.41, 5.74) is 2.46. The first-order chi connectivity index (χ1) is 14.8. The number of rotatable bonds is 6. The smallest absolute Gasteiger partial charge is 0.313 e. The molecule has 1 fully saturated rings. The minimum Gasteiger partial charge on any atom is -0.378 e. The normalized spacial score (nSPS) is 15.9. The molecule has 2 aromatic carbocycles. The van der Waals surface area contributed by atoms with E-state index >= 15 is 0 Å². The van der Waals surface area contributed by atoms with E-state index in [9.17, 15) is 14.0 Å².